The van der Waals surface area contributed by atoms with E-state index in [4.69, 9.17) is 4.74 Å². The number of aryl methyl sites for hydroxylation is 2. The van der Waals surface area contributed by atoms with Crippen LogP contribution in [0.5, 0.6) is 5.75 Å². The zero-order chi connectivity index (χ0) is 23.5. The van der Waals surface area contributed by atoms with Gasteiger partial charge >= 0.3 is 5.69 Å². The zero-order valence-electron chi connectivity index (χ0n) is 18.9. The quantitative estimate of drug-likeness (QED) is 0.425. The summed E-state index contributed by atoms with van der Waals surface area (Å²) in [7, 11) is 3.40. The summed E-state index contributed by atoms with van der Waals surface area (Å²) in [4.78, 5) is 33.6. The highest BCUT2D eigenvalue weighted by Gasteiger charge is 2.22. The van der Waals surface area contributed by atoms with Crippen LogP contribution in [0.15, 0.2) is 64.2 Å². The highest BCUT2D eigenvalue weighted by atomic mass is 16.5. The lowest BCUT2D eigenvalue weighted by Crippen LogP contribution is -2.31. The summed E-state index contributed by atoms with van der Waals surface area (Å²) >= 11 is 0. The van der Waals surface area contributed by atoms with Crippen molar-refractivity contribution in [1.29, 1.82) is 0 Å². The molecule has 0 bridgehead atoms. The highest BCUT2D eigenvalue weighted by Crippen LogP contribution is 2.21. The molecule has 2 N–H and O–H groups in total. The molecule has 0 amide bonds. The fourth-order valence-corrected chi connectivity index (χ4v) is 3.71. The van der Waals surface area contributed by atoms with Gasteiger partial charge in [0.1, 0.15) is 18.5 Å². The van der Waals surface area contributed by atoms with Gasteiger partial charge in [-0.25, -0.2) is 4.79 Å². The highest BCUT2D eigenvalue weighted by molar-refractivity contribution is 5.74. The minimum absolute atomic E-state index is 0.0360. The van der Waals surface area contributed by atoms with E-state index in [-0.39, 0.29) is 24.3 Å². The van der Waals surface area contributed by atoms with Gasteiger partial charge < -0.3 is 19.3 Å². The molecule has 0 radical (unpaired) electrons. The second-order valence-electron chi connectivity index (χ2n) is 8.13. The van der Waals surface area contributed by atoms with E-state index in [2.05, 4.69) is 9.97 Å². The zero-order valence-corrected chi connectivity index (χ0v) is 18.9. The first-order chi connectivity index (χ1) is 15.8. The third-order valence-electron chi connectivity index (χ3n) is 5.45. The van der Waals surface area contributed by atoms with Gasteiger partial charge in [-0.1, -0.05) is 48.0 Å². The summed E-state index contributed by atoms with van der Waals surface area (Å²) in [5, 5.41) is 10.7. The first kappa shape index (κ1) is 22.3. The summed E-state index contributed by atoms with van der Waals surface area (Å²) in [6, 6.07) is 17.4. The Bertz CT molecular complexity index is 1360. The van der Waals surface area contributed by atoms with Crippen molar-refractivity contribution in [2.24, 2.45) is 7.05 Å². The van der Waals surface area contributed by atoms with Crippen molar-refractivity contribution in [1.82, 2.24) is 19.1 Å². The Morgan fingerprint density at radius 3 is 2.52 bits per heavy atom. The number of nitrogens with one attached hydrogen (secondary N) is 1. The van der Waals surface area contributed by atoms with Gasteiger partial charge in [-0.15, -0.1) is 0 Å². The fraction of sp³-hybridized carbons (Fsp3) is 0.292. The largest absolute Gasteiger partial charge is 0.491 e. The third kappa shape index (κ3) is 4.83. The minimum atomic E-state index is -0.913. The van der Waals surface area contributed by atoms with Crippen LogP contribution in [0.1, 0.15) is 11.1 Å². The number of ether oxygens (including phenoxy) is 1. The number of H-pyrrole nitrogens is 1. The lowest BCUT2D eigenvalue weighted by Gasteiger charge is -2.21. The number of rotatable bonds is 8. The van der Waals surface area contributed by atoms with Gasteiger partial charge in [0.05, 0.1) is 6.54 Å². The molecule has 0 spiro atoms. The lowest BCUT2D eigenvalue weighted by atomic mass is 10.2. The van der Waals surface area contributed by atoms with Crippen LogP contribution in [0, 0.1) is 6.92 Å². The predicted octanol–water partition coefficient (Wildman–Crippen LogP) is 1.81. The van der Waals surface area contributed by atoms with Crippen LogP contribution in [-0.2, 0) is 20.1 Å². The molecule has 2 heterocycles. The Labute approximate surface area is 190 Å². The van der Waals surface area contributed by atoms with Gasteiger partial charge in [0.25, 0.3) is 5.56 Å². The maximum atomic E-state index is 12.7. The SMILES string of the molecule is Cc1ccc(OCC(O)Cn2c(N(C)Cc3ccccc3)nc3c2c(=O)[nH]c(=O)n3C)cc1. The fourth-order valence-electron chi connectivity index (χ4n) is 3.71. The number of aliphatic hydroxyl groups is 1. The third-order valence-corrected chi connectivity index (χ3v) is 5.45. The molecule has 0 fully saturated rings. The molecule has 4 aromatic rings. The molecule has 172 valence electrons. The van der Waals surface area contributed by atoms with Crippen LogP contribution in [0.2, 0.25) is 0 Å². The van der Waals surface area contributed by atoms with Gasteiger partial charge in [0, 0.05) is 20.6 Å². The monoisotopic (exact) mass is 449 g/mol. The number of aromatic nitrogens is 4. The van der Waals surface area contributed by atoms with E-state index in [1.54, 1.807) is 11.6 Å². The Balaban J connectivity index is 1.66. The first-order valence-corrected chi connectivity index (χ1v) is 10.7. The number of aliphatic hydroxyl groups excluding tert-OH is 1. The number of anilines is 1. The molecule has 0 saturated heterocycles. The average Bonchev–Trinajstić information content (AvgIpc) is 3.18. The smallest absolute Gasteiger partial charge is 0.329 e. The molecular weight excluding hydrogens is 422 g/mol. The number of imidazole rings is 1. The average molecular weight is 450 g/mol. The molecule has 0 saturated carbocycles. The van der Waals surface area contributed by atoms with Crippen molar-refractivity contribution in [2.75, 3.05) is 18.6 Å². The summed E-state index contributed by atoms with van der Waals surface area (Å²) in [5.74, 6) is 1.12. The molecule has 9 heteroatoms. The molecule has 4 rings (SSSR count). The van der Waals surface area contributed by atoms with E-state index in [9.17, 15) is 14.7 Å². The van der Waals surface area contributed by atoms with Crippen LogP contribution < -0.4 is 20.9 Å². The number of hydrogen-bond acceptors (Lipinski definition) is 6. The van der Waals surface area contributed by atoms with Gasteiger partial charge in [-0.2, -0.15) is 4.98 Å². The maximum absolute atomic E-state index is 12.7. The molecule has 0 aliphatic rings. The standard InChI is InChI=1S/C24H27N5O4/c1-16-9-11-19(12-10-16)33-15-18(30)14-29-20-21(28(3)24(32)26-22(20)31)25-23(29)27(2)13-17-7-5-4-6-8-17/h4-12,18,30H,13-15H2,1-3H3,(H,26,31,32). The van der Waals surface area contributed by atoms with E-state index in [0.29, 0.717) is 18.2 Å². The number of nitrogens with zero attached hydrogens (tertiary/aromatic N) is 4. The Kier molecular flexibility index (Phi) is 6.32. The first-order valence-electron chi connectivity index (χ1n) is 10.7. The van der Waals surface area contributed by atoms with Crippen molar-refractivity contribution < 1.29 is 9.84 Å². The van der Waals surface area contributed by atoms with Crippen molar-refractivity contribution in [3.63, 3.8) is 0 Å². The number of hydrogen-bond donors (Lipinski definition) is 2. The molecule has 33 heavy (non-hydrogen) atoms. The maximum Gasteiger partial charge on any atom is 0.329 e. The van der Waals surface area contributed by atoms with E-state index in [1.807, 2.05) is 73.5 Å². The van der Waals surface area contributed by atoms with Crippen LogP contribution in [0.3, 0.4) is 0 Å². The van der Waals surface area contributed by atoms with Gasteiger partial charge in [0.2, 0.25) is 5.95 Å². The summed E-state index contributed by atoms with van der Waals surface area (Å²) in [6.07, 6.45) is -0.913. The van der Waals surface area contributed by atoms with Crippen molar-refractivity contribution in [2.45, 2.75) is 26.1 Å². The molecule has 9 nitrogen and oxygen atoms in total. The lowest BCUT2D eigenvalue weighted by molar-refractivity contribution is 0.0936. The molecule has 1 atom stereocenters. The predicted molar refractivity (Wildman–Crippen MR) is 127 cm³/mol. The molecular formula is C24H27N5O4. The number of aromatic amines is 1. The molecule has 2 aromatic heterocycles. The van der Waals surface area contributed by atoms with Crippen LogP contribution in [0.4, 0.5) is 5.95 Å². The van der Waals surface area contributed by atoms with Crippen LogP contribution in [-0.4, -0.2) is 44.0 Å². The molecule has 2 aromatic carbocycles. The van der Waals surface area contributed by atoms with E-state index in [0.717, 1.165) is 11.1 Å². The number of benzene rings is 2. The van der Waals surface area contributed by atoms with Crippen LogP contribution >= 0.6 is 0 Å². The summed E-state index contributed by atoms with van der Waals surface area (Å²) in [5.41, 5.74) is 1.56. The molecule has 0 aliphatic carbocycles. The van der Waals surface area contributed by atoms with Crippen LogP contribution in [0.25, 0.3) is 11.2 Å². The summed E-state index contributed by atoms with van der Waals surface area (Å²) < 4.78 is 8.65. The van der Waals surface area contributed by atoms with Gasteiger partial charge in [-0.3, -0.25) is 14.3 Å². The minimum Gasteiger partial charge on any atom is -0.491 e. The molecule has 0 aliphatic heterocycles. The second-order valence-corrected chi connectivity index (χ2v) is 8.13. The Hall–Kier alpha value is -3.85. The van der Waals surface area contributed by atoms with E-state index in [1.165, 1.54) is 4.57 Å². The Morgan fingerprint density at radius 2 is 1.82 bits per heavy atom. The van der Waals surface area contributed by atoms with E-state index >= 15 is 0 Å². The van der Waals surface area contributed by atoms with Crippen molar-refractivity contribution >= 4 is 17.1 Å². The molecule has 1 unspecified atom stereocenters. The second kappa shape index (κ2) is 9.33. The van der Waals surface area contributed by atoms with Gasteiger partial charge in [-0.05, 0) is 24.6 Å². The number of fused-ring (bicyclic) bond motifs is 1. The van der Waals surface area contributed by atoms with Gasteiger partial charge in [0.15, 0.2) is 11.2 Å². The van der Waals surface area contributed by atoms with Crippen molar-refractivity contribution in [3.8, 4) is 5.75 Å². The Morgan fingerprint density at radius 1 is 1.12 bits per heavy atom. The summed E-state index contributed by atoms with van der Waals surface area (Å²) in [6.45, 7) is 2.62. The topological polar surface area (TPSA) is 105 Å². The normalized spacial score (nSPS) is 12.1. The van der Waals surface area contributed by atoms with Crippen molar-refractivity contribution in [3.05, 3.63) is 86.6 Å². The van der Waals surface area contributed by atoms with E-state index < -0.39 is 17.4 Å².